The fourth-order valence-corrected chi connectivity index (χ4v) is 2.87. The molecule has 0 aliphatic carbocycles. The van der Waals surface area contributed by atoms with Crippen LogP contribution < -0.4 is 5.32 Å². The Morgan fingerprint density at radius 2 is 1.90 bits per heavy atom. The van der Waals surface area contributed by atoms with Crippen LogP contribution in [-0.4, -0.2) is 37.5 Å². The molecule has 1 aromatic rings. The van der Waals surface area contributed by atoms with Gasteiger partial charge in [-0.15, -0.1) is 0 Å². The minimum atomic E-state index is 0.268. The molecule has 1 saturated heterocycles. The summed E-state index contributed by atoms with van der Waals surface area (Å²) in [6.45, 7) is 5.26. The minimum absolute atomic E-state index is 0.268. The zero-order valence-corrected chi connectivity index (χ0v) is 13.4. The predicted molar refractivity (Wildman–Crippen MR) is 87.3 cm³/mol. The maximum atomic E-state index is 12.2. The molecule has 0 saturated carbocycles. The normalized spacial score (nSPS) is 15.9. The first-order valence-electron chi connectivity index (χ1n) is 8.15. The molecule has 1 heterocycles. The summed E-state index contributed by atoms with van der Waals surface area (Å²) < 4.78 is 0. The Bertz CT molecular complexity index is 435. The molecule has 0 atom stereocenters. The quantitative estimate of drug-likeness (QED) is 0.873. The number of nitrogens with zero attached hydrogens (tertiary/aromatic N) is 1. The Labute approximate surface area is 128 Å². The fraction of sp³-hybridized carbons (Fsp3) is 0.611. The topological polar surface area (TPSA) is 32.3 Å². The van der Waals surface area contributed by atoms with Gasteiger partial charge in [-0.3, -0.25) is 4.79 Å². The smallest absolute Gasteiger partial charge is 0.222 e. The van der Waals surface area contributed by atoms with Crippen molar-refractivity contribution in [1.29, 1.82) is 0 Å². The van der Waals surface area contributed by atoms with E-state index in [9.17, 15) is 4.79 Å². The second kappa shape index (κ2) is 8.18. The molecule has 116 valence electrons. The van der Waals surface area contributed by atoms with Gasteiger partial charge >= 0.3 is 0 Å². The average molecular weight is 288 g/mol. The molecule has 0 spiro atoms. The summed E-state index contributed by atoms with van der Waals surface area (Å²) in [6, 6.07) is 8.47. The number of nitrogens with one attached hydrogen (secondary N) is 1. The van der Waals surface area contributed by atoms with Gasteiger partial charge < -0.3 is 10.2 Å². The van der Waals surface area contributed by atoms with Gasteiger partial charge in [0.25, 0.3) is 0 Å². The van der Waals surface area contributed by atoms with Crippen molar-refractivity contribution in [1.82, 2.24) is 10.2 Å². The Balaban J connectivity index is 1.68. The van der Waals surface area contributed by atoms with Gasteiger partial charge in [-0.05, 0) is 57.2 Å². The van der Waals surface area contributed by atoms with Crippen LogP contribution in [0.1, 0.15) is 36.8 Å². The van der Waals surface area contributed by atoms with E-state index < -0.39 is 0 Å². The van der Waals surface area contributed by atoms with E-state index in [2.05, 4.69) is 36.5 Å². The largest absolute Gasteiger partial charge is 0.346 e. The highest BCUT2D eigenvalue weighted by Gasteiger charge is 2.15. The molecule has 1 aliphatic heterocycles. The number of hydrogen-bond acceptors (Lipinski definition) is 2. The molecule has 1 N–H and O–H groups in total. The van der Waals surface area contributed by atoms with Gasteiger partial charge in [-0.1, -0.05) is 29.8 Å². The molecule has 0 aromatic heterocycles. The third kappa shape index (κ3) is 5.50. The number of piperidine rings is 1. The van der Waals surface area contributed by atoms with E-state index in [1.54, 1.807) is 0 Å². The van der Waals surface area contributed by atoms with Crippen molar-refractivity contribution in [2.24, 2.45) is 5.92 Å². The van der Waals surface area contributed by atoms with Gasteiger partial charge in [-0.2, -0.15) is 0 Å². The second-order valence-electron chi connectivity index (χ2n) is 6.28. The number of aryl methyl sites for hydroxylation is 2. The summed E-state index contributed by atoms with van der Waals surface area (Å²) in [5.74, 6) is 1.06. The van der Waals surface area contributed by atoms with E-state index in [-0.39, 0.29) is 5.91 Å². The zero-order chi connectivity index (χ0) is 15.1. The number of carbonyl (C=O) groups is 1. The molecule has 21 heavy (non-hydrogen) atoms. The molecular weight excluding hydrogens is 260 g/mol. The van der Waals surface area contributed by atoms with Crippen LogP contribution in [0.3, 0.4) is 0 Å². The van der Waals surface area contributed by atoms with E-state index in [0.29, 0.717) is 6.42 Å². The summed E-state index contributed by atoms with van der Waals surface area (Å²) in [4.78, 5) is 14.1. The van der Waals surface area contributed by atoms with Crippen molar-refractivity contribution >= 4 is 5.91 Å². The van der Waals surface area contributed by atoms with Gasteiger partial charge in [0.15, 0.2) is 0 Å². The van der Waals surface area contributed by atoms with E-state index in [1.165, 1.54) is 24.0 Å². The highest BCUT2D eigenvalue weighted by molar-refractivity contribution is 5.76. The lowest BCUT2D eigenvalue weighted by Crippen LogP contribution is -2.32. The van der Waals surface area contributed by atoms with Crippen LogP contribution in [0.25, 0.3) is 0 Å². The summed E-state index contributed by atoms with van der Waals surface area (Å²) in [6.07, 6.45) is 5.12. The Morgan fingerprint density at radius 3 is 2.57 bits per heavy atom. The van der Waals surface area contributed by atoms with E-state index >= 15 is 0 Å². The minimum Gasteiger partial charge on any atom is -0.346 e. The molecule has 0 bridgehead atoms. The molecule has 1 fully saturated rings. The van der Waals surface area contributed by atoms with Crippen molar-refractivity contribution < 1.29 is 4.79 Å². The number of benzene rings is 1. The number of hydrogen-bond donors (Lipinski definition) is 1. The van der Waals surface area contributed by atoms with Gasteiger partial charge in [-0.25, -0.2) is 0 Å². The monoisotopic (exact) mass is 288 g/mol. The third-order valence-corrected chi connectivity index (χ3v) is 4.51. The van der Waals surface area contributed by atoms with Gasteiger partial charge in [0.1, 0.15) is 0 Å². The molecule has 3 nitrogen and oxygen atoms in total. The van der Waals surface area contributed by atoms with Gasteiger partial charge in [0.05, 0.1) is 0 Å². The summed E-state index contributed by atoms with van der Waals surface area (Å²) >= 11 is 0. The second-order valence-corrected chi connectivity index (χ2v) is 6.28. The maximum Gasteiger partial charge on any atom is 0.222 e. The number of carbonyl (C=O) groups excluding carboxylic acids is 1. The first kappa shape index (κ1) is 16.0. The Hall–Kier alpha value is -1.35. The van der Waals surface area contributed by atoms with Crippen LogP contribution in [0.5, 0.6) is 0 Å². The molecule has 0 radical (unpaired) electrons. The summed E-state index contributed by atoms with van der Waals surface area (Å²) in [5, 5.41) is 3.39. The zero-order valence-electron chi connectivity index (χ0n) is 13.4. The summed E-state index contributed by atoms with van der Waals surface area (Å²) in [7, 11) is 1.94. The summed E-state index contributed by atoms with van der Waals surface area (Å²) in [5.41, 5.74) is 2.52. The highest BCUT2D eigenvalue weighted by Crippen LogP contribution is 2.16. The van der Waals surface area contributed by atoms with Crippen molar-refractivity contribution in [3.05, 3.63) is 35.4 Å². The molecule has 1 aliphatic rings. The molecule has 3 heteroatoms. The third-order valence-electron chi connectivity index (χ3n) is 4.51. The molecule has 0 unspecified atom stereocenters. The molecule has 1 aromatic carbocycles. The van der Waals surface area contributed by atoms with E-state index in [1.807, 2.05) is 11.9 Å². The van der Waals surface area contributed by atoms with Gasteiger partial charge in [0, 0.05) is 20.0 Å². The van der Waals surface area contributed by atoms with Crippen LogP contribution in [0.15, 0.2) is 24.3 Å². The lowest BCUT2D eigenvalue weighted by atomic mass is 9.94. The van der Waals surface area contributed by atoms with Crippen molar-refractivity contribution in [2.75, 3.05) is 26.7 Å². The standard InChI is InChI=1S/C18H28N2O/c1-15-3-5-16(6-4-15)7-8-18(21)20(2)14-11-17-9-12-19-13-10-17/h3-6,17,19H,7-14H2,1-2H3. The Morgan fingerprint density at radius 1 is 1.24 bits per heavy atom. The van der Waals surface area contributed by atoms with E-state index in [4.69, 9.17) is 0 Å². The SMILES string of the molecule is Cc1ccc(CCC(=O)N(C)CCC2CCNCC2)cc1. The van der Waals surface area contributed by atoms with E-state index in [0.717, 1.165) is 38.4 Å². The first-order valence-corrected chi connectivity index (χ1v) is 8.15. The first-order chi connectivity index (χ1) is 10.1. The van der Waals surface area contributed by atoms with Gasteiger partial charge in [0.2, 0.25) is 5.91 Å². The number of rotatable bonds is 6. The van der Waals surface area contributed by atoms with Crippen molar-refractivity contribution in [3.8, 4) is 0 Å². The molecule has 2 rings (SSSR count). The van der Waals surface area contributed by atoms with Crippen LogP contribution in [0.4, 0.5) is 0 Å². The van der Waals surface area contributed by atoms with Crippen LogP contribution in [-0.2, 0) is 11.2 Å². The fourth-order valence-electron chi connectivity index (χ4n) is 2.87. The highest BCUT2D eigenvalue weighted by atomic mass is 16.2. The predicted octanol–water partition coefficient (Wildman–Crippen LogP) is 2.78. The van der Waals surface area contributed by atoms with Crippen molar-refractivity contribution in [3.63, 3.8) is 0 Å². The van der Waals surface area contributed by atoms with Crippen LogP contribution in [0, 0.1) is 12.8 Å². The van der Waals surface area contributed by atoms with Crippen molar-refractivity contribution in [2.45, 2.75) is 39.0 Å². The lowest BCUT2D eigenvalue weighted by Gasteiger charge is -2.25. The average Bonchev–Trinajstić information content (AvgIpc) is 2.52. The van der Waals surface area contributed by atoms with Crippen LogP contribution in [0.2, 0.25) is 0 Å². The van der Waals surface area contributed by atoms with Crippen LogP contribution >= 0.6 is 0 Å². The molecule has 1 amide bonds. The molecular formula is C18H28N2O. The number of amides is 1. The lowest BCUT2D eigenvalue weighted by molar-refractivity contribution is -0.130. The maximum absolute atomic E-state index is 12.2. The Kier molecular flexibility index (Phi) is 6.24.